The van der Waals surface area contributed by atoms with Gasteiger partial charge < -0.3 is 10.6 Å². The highest BCUT2D eigenvalue weighted by Crippen LogP contribution is 2.12. The first-order chi connectivity index (χ1) is 7.83. The van der Waals surface area contributed by atoms with Crippen LogP contribution in [0.1, 0.15) is 19.4 Å². The number of hydrogen-bond acceptors (Lipinski definition) is 3. The maximum Gasteiger partial charge on any atom is 0.237 e. The average Bonchev–Trinajstić information content (AvgIpc) is 2.27. The van der Waals surface area contributed by atoms with Gasteiger partial charge in [0.1, 0.15) is 0 Å². The van der Waals surface area contributed by atoms with Gasteiger partial charge in [0.2, 0.25) is 5.91 Å². The molecule has 0 aliphatic rings. The Morgan fingerprint density at radius 1 is 1.29 bits per heavy atom. The molecule has 94 valence electrons. The molecule has 1 aromatic rings. The van der Waals surface area contributed by atoms with E-state index in [1.807, 2.05) is 43.3 Å². The third-order valence-electron chi connectivity index (χ3n) is 2.80. The van der Waals surface area contributed by atoms with Crippen molar-refractivity contribution in [2.45, 2.75) is 25.9 Å². The second-order valence-corrected chi connectivity index (χ2v) is 4.90. The highest BCUT2D eigenvalue weighted by atomic mass is 16.1. The number of hydrogen-bond donors (Lipinski definition) is 2. The second-order valence-electron chi connectivity index (χ2n) is 4.90. The van der Waals surface area contributed by atoms with E-state index >= 15 is 0 Å². The minimum absolute atomic E-state index is 0.345. The Morgan fingerprint density at radius 3 is 2.24 bits per heavy atom. The normalized spacial score (nSPS) is 11.3. The van der Waals surface area contributed by atoms with E-state index in [0.717, 1.165) is 11.3 Å². The molecule has 0 aliphatic carbocycles. The Balaban J connectivity index is 2.62. The lowest BCUT2D eigenvalue weighted by atomic mass is 10.0. The van der Waals surface area contributed by atoms with E-state index in [2.05, 4.69) is 5.32 Å². The van der Waals surface area contributed by atoms with Gasteiger partial charge in [-0.2, -0.15) is 0 Å². The van der Waals surface area contributed by atoms with Crippen molar-refractivity contribution in [3.63, 3.8) is 0 Å². The Morgan fingerprint density at radius 2 is 1.82 bits per heavy atom. The highest BCUT2D eigenvalue weighted by Gasteiger charge is 2.23. The lowest BCUT2D eigenvalue weighted by molar-refractivity contribution is -0.123. The van der Waals surface area contributed by atoms with Crippen molar-refractivity contribution in [3.05, 3.63) is 29.8 Å². The SMILES string of the molecule is CN(C)c1ccc(CNC(C)(C)C(N)=O)cc1. The summed E-state index contributed by atoms with van der Waals surface area (Å²) >= 11 is 0. The summed E-state index contributed by atoms with van der Waals surface area (Å²) in [6, 6.07) is 8.18. The van der Waals surface area contributed by atoms with Gasteiger partial charge in [0, 0.05) is 26.3 Å². The largest absolute Gasteiger partial charge is 0.378 e. The number of primary amides is 1. The molecular formula is C13H21N3O. The van der Waals surface area contributed by atoms with Gasteiger partial charge in [0.25, 0.3) is 0 Å². The van der Waals surface area contributed by atoms with Crippen LogP contribution in [0.2, 0.25) is 0 Å². The van der Waals surface area contributed by atoms with Crippen LogP contribution in [0.25, 0.3) is 0 Å². The molecule has 3 N–H and O–H groups in total. The van der Waals surface area contributed by atoms with E-state index in [1.54, 1.807) is 13.8 Å². The van der Waals surface area contributed by atoms with Crippen LogP contribution in [0.3, 0.4) is 0 Å². The first kappa shape index (κ1) is 13.5. The summed E-state index contributed by atoms with van der Waals surface area (Å²) in [6.45, 7) is 4.19. The summed E-state index contributed by atoms with van der Waals surface area (Å²) < 4.78 is 0. The van der Waals surface area contributed by atoms with E-state index in [1.165, 1.54) is 0 Å². The van der Waals surface area contributed by atoms with Gasteiger partial charge in [-0.1, -0.05) is 12.1 Å². The van der Waals surface area contributed by atoms with Crippen molar-refractivity contribution in [2.75, 3.05) is 19.0 Å². The van der Waals surface area contributed by atoms with Crippen LogP contribution in [-0.4, -0.2) is 25.5 Å². The molecule has 1 aromatic carbocycles. The molecule has 0 atom stereocenters. The number of rotatable bonds is 5. The number of nitrogens with two attached hydrogens (primary N) is 1. The molecular weight excluding hydrogens is 214 g/mol. The maximum atomic E-state index is 11.1. The molecule has 0 radical (unpaired) electrons. The van der Waals surface area contributed by atoms with Crippen molar-refractivity contribution >= 4 is 11.6 Å². The Hall–Kier alpha value is -1.55. The fraction of sp³-hybridized carbons (Fsp3) is 0.462. The molecule has 17 heavy (non-hydrogen) atoms. The van der Waals surface area contributed by atoms with Crippen LogP contribution in [0.4, 0.5) is 5.69 Å². The molecule has 0 bridgehead atoms. The molecule has 0 aromatic heterocycles. The summed E-state index contributed by atoms with van der Waals surface area (Å²) in [4.78, 5) is 13.2. The lowest BCUT2D eigenvalue weighted by Gasteiger charge is -2.22. The minimum atomic E-state index is -0.680. The average molecular weight is 235 g/mol. The van der Waals surface area contributed by atoms with E-state index in [4.69, 9.17) is 5.73 Å². The Bertz CT molecular complexity index is 382. The Labute approximate surface area is 103 Å². The molecule has 0 saturated heterocycles. The second kappa shape index (κ2) is 5.19. The van der Waals surface area contributed by atoms with Crippen LogP contribution in [0, 0.1) is 0 Å². The number of carbonyl (C=O) groups is 1. The van der Waals surface area contributed by atoms with Crippen LogP contribution in [0.15, 0.2) is 24.3 Å². The maximum absolute atomic E-state index is 11.1. The Kier molecular flexibility index (Phi) is 4.12. The number of carbonyl (C=O) groups excluding carboxylic acids is 1. The molecule has 0 unspecified atom stereocenters. The van der Waals surface area contributed by atoms with Crippen LogP contribution in [-0.2, 0) is 11.3 Å². The van der Waals surface area contributed by atoms with E-state index < -0.39 is 5.54 Å². The van der Waals surface area contributed by atoms with Crippen LogP contribution < -0.4 is 16.0 Å². The predicted octanol–water partition coefficient (Wildman–Crippen LogP) is 1.11. The van der Waals surface area contributed by atoms with E-state index in [9.17, 15) is 4.79 Å². The van der Waals surface area contributed by atoms with Crippen molar-refractivity contribution < 1.29 is 4.79 Å². The number of nitrogens with one attached hydrogen (secondary N) is 1. The fourth-order valence-electron chi connectivity index (χ4n) is 1.32. The van der Waals surface area contributed by atoms with Gasteiger partial charge in [0.15, 0.2) is 0 Å². The zero-order valence-corrected chi connectivity index (χ0v) is 10.9. The van der Waals surface area contributed by atoms with Crippen molar-refractivity contribution in [1.29, 1.82) is 0 Å². The van der Waals surface area contributed by atoms with Gasteiger partial charge in [-0.25, -0.2) is 0 Å². The van der Waals surface area contributed by atoms with Gasteiger partial charge in [-0.15, -0.1) is 0 Å². The molecule has 0 spiro atoms. The molecule has 1 rings (SSSR count). The predicted molar refractivity (Wildman–Crippen MR) is 70.9 cm³/mol. The lowest BCUT2D eigenvalue weighted by Crippen LogP contribution is -2.50. The van der Waals surface area contributed by atoms with E-state index in [0.29, 0.717) is 6.54 Å². The topological polar surface area (TPSA) is 58.4 Å². The van der Waals surface area contributed by atoms with Crippen molar-refractivity contribution in [3.8, 4) is 0 Å². The highest BCUT2D eigenvalue weighted by molar-refractivity contribution is 5.83. The minimum Gasteiger partial charge on any atom is -0.378 e. The van der Waals surface area contributed by atoms with Crippen LogP contribution in [0.5, 0.6) is 0 Å². The molecule has 0 saturated carbocycles. The number of anilines is 1. The summed E-state index contributed by atoms with van der Waals surface area (Å²) in [6.07, 6.45) is 0. The van der Waals surface area contributed by atoms with Crippen LogP contribution >= 0.6 is 0 Å². The first-order valence-electron chi connectivity index (χ1n) is 5.64. The number of benzene rings is 1. The molecule has 0 aliphatic heterocycles. The standard InChI is InChI=1S/C13H21N3O/c1-13(2,12(14)17)15-9-10-5-7-11(8-6-10)16(3)4/h5-8,15H,9H2,1-4H3,(H2,14,17). The van der Waals surface area contributed by atoms with E-state index in [-0.39, 0.29) is 5.91 Å². The van der Waals surface area contributed by atoms with Gasteiger partial charge in [-0.3, -0.25) is 10.1 Å². The molecule has 0 fully saturated rings. The molecule has 0 heterocycles. The van der Waals surface area contributed by atoms with Crippen molar-refractivity contribution in [1.82, 2.24) is 5.32 Å². The monoisotopic (exact) mass is 235 g/mol. The third kappa shape index (κ3) is 3.75. The fourth-order valence-corrected chi connectivity index (χ4v) is 1.32. The van der Waals surface area contributed by atoms with Gasteiger partial charge in [-0.05, 0) is 31.5 Å². The summed E-state index contributed by atoms with van der Waals surface area (Å²) in [5.74, 6) is -0.345. The van der Waals surface area contributed by atoms with Gasteiger partial charge in [0.05, 0.1) is 5.54 Å². The first-order valence-corrected chi connectivity index (χ1v) is 5.64. The third-order valence-corrected chi connectivity index (χ3v) is 2.80. The number of amides is 1. The molecule has 4 nitrogen and oxygen atoms in total. The summed E-state index contributed by atoms with van der Waals surface area (Å²) in [5.41, 5.74) is 6.89. The summed E-state index contributed by atoms with van der Waals surface area (Å²) in [7, 11) is 4.01. The van der Waals surface area contributed by atoms with Crippen molar-refractivity contribution in [2.24, 2.45) is 5.73 Å². The summed E-state index contributed by atoms with van der Waals surface area (Å²) in [5, 5.41) is 3.14. The quantitative estimate of drug-likeness (QED) is 0.803. The zero-order chi connectivity index (χ0) is 13.1. The number of nitrogens with zero attached hydrogens (tertiary/aromatic N) is 1. The smallest absolute Gasteiger partial charge is 0.237 e. The molecule has 4 heteroatoms. The molecule has 1 amide bonds. The van der Waals surface area contributed by atoms with Gasteiger partial charge >= 0.3 is 0 Å². The zero-order valence-electron chi connectivity index (χ0n) is 10.9.